The van der Waals surface area contributed by atoms with E-state index in [2.05, 4.69) is 25.8 Å². The van der Waals surface area contributed by atoms with Crippen molar-refractivity contribution >= 4 is 17.7 Å². The number of nitrogens with one attached hydrogen (secondary N) is 2. The summed E-state index contributed by atoms with van der Waals surface area (Å²) in [6.45, 7) is 1.00. The Kier molecular flexibility index (Phi) is 5.76. The Morgan fingerprint density at radius 3 is 2.77 bits per heavy atom. The van der Waals surface area contributed by atoms with Gasteiger partial charge in [0.2, 0.25) is 0 Å². The molecular weight excluding hydrogens is 303 g/mol. The van der Waals surface area contributed by atoms with E-state index in [4.69, 9.17) is 0 Å². The number of thioether (sulfide) groups is 1. The van der Waals surface area contributed by atoms with Crippen LogP contribution in [0.3, 0.4) is 0 Å². The van der Waals surface area contributed by atoms with Gasteiger partial charge in [-0.15, -0.1) is 22.0 Å². The average molecular weight is 322 g/mol. The summed E-state index contributed by atoms with van der Waals surface area (Å²) in [7, 11) is 3.57. The van der Waals surface area contributed by atoms with Gasteiger partial charge in [-0.1, -0.05) is 0 Å². The Labute approximate surface area is 133 Å². The fraction of sp³-hybridized carbons (Fsp3) is 0.357. The van der Waals surface area contributed by atoms with Gasteiger partial charge in [0.15, 0.2) is 11.8 Å². The quantitative estimate of drug-likeness (QED) is 0.496. The van der Waals surface area contributed by atoms with Crippen LogP contribution in [0, 0.1) is 5.82 Å². The first-order valence-corrected chi connectivity index (χ1v) is 7.96. The summed E-state index contributed by atoms with van der Waals surface area (Å²) in [4.78, 5) is 5.19. The largest absolute Gasteiger partial charge is 0.352 e. The highest BCUT2D eigenvalue weighted by molar-refractivity contribution is 7.98. The molecule has 2 aromatic rings. The molecule has 0 aliphatic heterocycles. The van der Waals surface area contributed by atoms with Crippen LogP contribution in [0.5, 0.6) is 0 Å². The van der Waals surface area contributed by atoms with Gasteiger partial charge in [-0.3, -0.25) is 4.99 Å². The van der Waals surface area contributed by atoms with Crippen molar-refractivity contribution in [2.45, 2.75) is 18.0 Å². The molecule has 0 atom stereocenters. The Hall–Kier alpha value is -2.09. The van der Waals surface area contributed by atoms with Crippen LogP contribution in [-0.4, -0.2) is 34.0 Å². The van der Waals surface area contributed by atoms with E-state index < -0.39 is 0 Å². The first kappa shape index (κ1) is 16.3. The monoisotopic (exact) mass is 322 g/mol. The number of aromatic nitrogens is 3. The fourth-order valence-electron chi connectivity index (χ4n) is 1.91. The van der Waals surface area contributed by atoms with Crippen LogP contribution in [0.15, 0.2) is 34.4 Å². The lowest BCUT2D eigenvalue weighted by Gasteiger charge is -2.13. The molecule has 0 spiro atoms. The number of halogens is 1. The smallest absolute Gasteiger partial charge is 0.191 e. The molecular formula is C14H19FN6S. The van der Waals surface area contributed by atoms with Crippen LogP contribution in [0.25, 0.3) is 0 Å². The maximum absolute atomic E-state index is 13.4. The topological polar surface area (TPSA) is 67.1 Å². The Morgan fingerprint density at radius 2 is 2.14 bits per heavy atom. The van der Waals surface area contributed by atoms with Gasteiger partial charge in [0.25, 0.3) is 0 Å². The molecule has 8 heteroatoms. The SMILES string of the molecule is CN=C(NCc1cc(F)ccc1SC)NCc1nncn1C. The number of aryl methyl sites for hydroxylation is 1. The lowest BCUT2D eigenvalue weighted by atomic mass is 10.2. The minimum atomic E-state index is -0.239. The minimum Gasteiger partial charge on any atom is -0.352 e. The summed E-state index contributed by atoms with van der Waals surface area (Å²) in [6.07, 6.45) is 3.61. The maximum Gasteiger partial charge on any atom is 0.191 e. The molecule has 1 heterocycles. The van der Waals surface area contributed by atoms with Crippen molar-refractivity contribution in [2.24, 2.45) is 12.0 Å². The molecule has 1 aromatic carbocycles. The summed E-state index contributed by atoms with van der Waals surface area (Å²) in [5, 5.41) is 14.1. The van der Waals surface area contributed by atoms with E-state index in [0.717, 1.165) is 16.3 Å². The van der Waals surface area contributed by atoms with E-state index in [9.17, 15) is 4.39 Å². The lowest BCUT2D eigenvalue weighted by molar-refractivity contribution is 0.622. The van der Waals surface area contributed by atoms with Gasteiger partial charge >= 0.3 is 0 Å². The van der Waals surface area contributed by atoms with E-state index in [0.29, 0.717) is 19.0 Å². The van der Waals surface area contributed by atoms with Gasteiger partial charge in [-0.2, -0.15) is 0 Å². The Morgan fingerprint density at radius 1 is 1.36 bits per heavy atom. The number of rotatable bonds is 5. The van der Waals surface area contributed by atoms with Crippen molar-refractivity contribution in [3.8, 4) is 0 Å². The van der Waals surface area contributed by atoms with Gasteiger partial charge in [-0.25, -0.2) is 4.39 Å². The highest BCUT2D eigenvalue weighted by atomic mass is 32.2. The van der Waals surface area contributed by atoms with Crippen molar-refractivity contribution in [3.63, 3.8) is 0 Å². The average Bonchev–Trinajstić information content (AvgIpc) is 2.93. The van der Waals surface area contributed by atoms with Gasteiger partial charge < -0.3 is 15.2 Å². The summed E-state index contributed by atoms with van der Waals surface area (Å²) in [6, 6.07) is 4.79. The van der Waals surface area contributed by atoms with Crippen LogP contribution in [0.4, 0.5) is 4.39 Å². The van der Waals surface area contributed by atoms with Crippen molar-refractivity contribution in [1.29, 1.82) is 0 Å². The number of nitrogens with zero attached hydrogens (tertiary/aromatic N) is 4. The molecule has 0 aliphatic rings. The number of hydrogen-bond donors (Lipinski definition) is 2. The molecule has 22 heavy (non-hydrogen) atoms. The highest BCUT2D eigenvalue weighted by Crippen LogP contribution is 2.21. The van der Waals surface area contributed by atoms with E-state index in [1.54, 1.807) is 31.2 Å². The van der Waals surface area contributed by atoms with Crippen molar-refractivity contribution in [3.05, 3.63) is 41.7 Å². The third-order valence-electron chi connectivity index (χ3n) is 3.13. The van der Waals surface area contributed by atoms with Crippen molar-refractivity contribution < 1.29 is 4.39 Å². The number of guanidine groups is 1. The third kappa shape index (κ3) is 4.20. The van der Waals surface area contributed by atoms with Crippen LogP contribution >= 0.6 is 11.8 Å². The molecule has 0 aliphatic carbocycles. The molecule has 0 amide bonds. The zero-order valence-corrected chi connectivity index (χ0v) is 13.6. The second kappa shape index (κ2) is 7.79. The van der Waals surface area contributed by atoms with Crippen molar-refractivity contribution in [1.82, 2.24) is 25.4 Å². The van der Waals surface area contributed by atoms with Gasteiger partial charge in [0, 0.05) is 25.5 Å². The predicted molar refractivity (Wildman–Crippen MR) is 86.2 cm³/mol. The highest BCUT2D eigenvalue weighted by Gasteiger charge is 2.06. The van der Waals surface area contributed by atoms with Gasteiger partial charge in [0.05, 0.1) is 6.54 Å². The molecule has 0 radical (unpaired) electrons. The molecule has 6 nitrogen and oxygen atoms in total. The second-order valence-corrected chi connectivity index (χ2v) is 5.44. The molecule has 0 bridgehead atoms. The van der Waals surface area contributed by atoms with Gasteiger partial charge in [-0.05, 0) is 30.0 Å². The van der Waals surface area contributed by atoms with Crippen LogP contribution in [-0.2, 0) is 20.1 Å². The maximum atomic E-state index is 13.4. The Balaban J connectivity index is 1.94. The van der Waals surface area contributed by atoms with E-state index in [-0.39, 0.29) is 5.82 Å². The molecule has 2 N–H and O–H groups in total. The lowest BCUT2D eigenvalue weighted by Crippen LogP contribution is -2.37. The van der Waals surface area contributed by atoms with Crippen LogP contribution in [0.2, 0.25) is 0 Å². The van der Waals surface area contributed by atoms with Gasteiger partial charge in [0.1, 0.15) is 12.1 Å². The molecule has 1 aromatic heterocycles. The summed E-state index contributed by atoms with van der Waals surface area (Å²) in [5.41, 5.74) is 0.897. The first-order chi connectivity index (χ1) is 10.6. The summed E-state index contributed by atoms with van der Waals surface area (Å²) in [5.74, 6) is 1.19. The molecule has 0 saturated heterocycles. The molecule has 118 valence electrons. The molecule has 2 rings (SSSR count). The first-order valence-electron chi connectivity index (χ1n) is 6.74. The normalized spacial score (nSPS) is 11.5. The van der Waals surface area contributed by atoms with Crippen LogP contribution in [0.1, 0.15) is 11.4 Å². The van der Waals surface area contributed by atoms with E-state index in [1.165, 1.54) is 12.1 Å². The van der Waals surface area contributed by atoms with Crippen LogP contribution < -0.4 is 10.6 Å². The fourth-order valence-corrected chi connectivity index (χ4v) is 2.51. The van der Waals surface area contributed by atoms with Crippen molar-refractivity contribution in [2.75, 3.05) is 13.3 Å². The standard InChI is InChI=1S/C14H19FN6S/c1-16-14(18-8-13-20-19-9-21(13)2)17-7-10-6-11(15)4-5-12(10)22-3/h4-6,9H,7-8H2,1-3H3,(H2,16,17,18). The predicted octanol–water partition coefficient (Wildman–Crippen LogP) is 1.54. The van der Waals surface area contributed by atoms with E-state index >= 15 is 0 Å². The minimum absolute atomic E-state index is 0.239. The number of hydrogen-bond acceptors (Lipinski definition) is 4. The zero-order chi connectivity index (χ0) is 15.9. The molecule has 0 unspecified atom stereocenters. The number of benzene rings is 1. The molecule has 0 fully saturated rings. The second-order valence-electron chi connectivity index (χ2n) is 4.59. The molecule has 0 saturated carbocycles. The summed E-state index contributed by atoms with van der Waals surface area (Å²) >= 11 is 1.59. The van der Waals surface area contributed by atoms with E-state index in [1.807, 2.05) is 17.9 Å². The number of aliphatic imine (C=N–C) groups is 1. The summed E-state index contributed by atoms with van der Waals surface area (Å²) < 4.78 is 15.2. The third-order valence-corrected chi connectivity index (χ3v) is 3.97. The zero-order valence-electron chi connectivity index (χ0n) is 12.8. The Bertz CT molecular complexity index is 655.